The normalized spacial score (nSPS) is 19.1. The van der Waals surface area contributed by atoms with Crippen LogP contribution in [0.2, 0.25) is 0 Å². The highest BCUT2D eigenvalue weighted by atomic mass is 16.5. The summed E-state index contributed by atoms with van der Waals surface area (Å²) in [5, 5.41) is 1.25. The molecule has 2 heterocycles. The second-order valence-corrected chi connectivity index (χ2v) is 5.82. The molecule has 0 radical (unpaired) electrons. The second kappa shape index (κ2) is 5.88. The molecule has 0 aliphatic carbocycles. The second-order valence-electron chi connectivity index (χ2n) is 5.82. The number of rotatable bonds is 5. The van der Waals surface area contributed by atoms with Crippen LogP contribution in [0.5, 0.6) is 5.75 Å². The van der Waals surface area contributed by atoms with Gasteiger partial charge in [-0.25, -0.2) is 0 Å². The quantitative estimate of drug-likeness (QED) is 0.822. The summed E-state index contributed by atoms with van der Waals surface area (Å²) in [5.74, 6) is 0.948. The topological polar surface area (TPSA) is 23.4 Å². The molecule has 0 saturated carbocycles. The van der Waals surface area contributed by atoms with Crippen LogP contribution in [-0.2, 0) is 11.3 Å². The van der Waals surface area contributed by atoms with Crippen LogP contribution in [0.1, 0.15) is 33.1 Å². The molecule has 1 fully saturated rings. The van der Waals surface area contributed by atoms with Crippen molar-refractivity contribution in [1.82, 2.24) is 4.57 Å². The van der Waals surface area contributed by atoms with Crippen LogP contribution in [0.4, 0.5) is 0 Å². The largest absolute Gasteiger partial charge is 0.491 e. The van der Waals surface area contributed by atoms with Gasteiger partial charge in [-0.1, -0.05) is 0 Å². The summed E-state index contributed by atoms with van der Waals surface area (Å²) in [7, 11) is 0. The SMILES string of the molecule is CC(C)Oc1ccc2c(ccn2CCC2CCCO2)c1. The number of hydrogen-bond acceptors (Lipinski definition) is 2. The summed E-state index contributed by atoms with van der Waals surface area (Å²) in [6.45, 7) is 6.07. The molecule has 1 aromatic carbocycles. The Morgan fingerprint density at radius 1 is 1.35 bits per heavy atom. The van der Waals surface area contributed by atoms with Crippen molar-refractivity contribution >= 4 is 10.9 Å². The number of aryl methyl sites for hydroxylation is 1. The third kappa shape index (κ3) is 2.98. The minimum absolute atomic E-state index is 0.217. The summed E-state index contributed by atoms with van der Waals surface area (Å²) in [5.41, 5.74) is 1.28. The molecule has 1 aliphatic rings. The van der Waals surface area contributed by atoms with E-state index in [0.29, 0.717) is 6.10 Å². The number of aromatic nitrogens is 1. The van der Waals surface area contributed by atoms with Crippen LogP contribution in [0, 0.1) is 0 Å². The molecule has 108 valence electrons. The van der Waals surface area contributed by atoms with Gasteiger partial charge in [0.25, 0.3) is 0 Å². The van der Waals surface area contributed by atoms with E-state index in [1.54, 1.807) is 0 Å². The molecular formula is C17H23NO2. The monoisotopic (exact) mass is 273 g/mol. The Labute approximate surface area is 120 Å². The Bertz CT molecular complexity index is 567. The lowest BCUT2D eigenvalue weighted by atomic mass is 10.2. The maximum Gasteiger partial charge on any atom is 0.120 e. The lowest BCUT2D eigenvalue weighted by Gasteiger charge is -2.12. The van der Waals surface area contributed by atoms with E-state index in [1.807, 2.05) is 0 Å². The first-order chi connectivity index (χ1) is 9.72. The molecule has 3 nitrogen and oxygen atoms in total. The fourth-order valence-electron chi connectivity index (χ4n) is 2.87. The van der Waals surface area contributed by atoms with Crippen molar-refractivity contribution in [1.29, 1.82) is 0 Å². The summed E-state index contributed by atoms with van der Waals surface area (Å²) < 4.78 is 13.8. The number of nitrogens with zero attached hydrogens (tertiary/aromatic N) is 1. The molecular weight excluding hydrogens is 250 g/mol. The summed E-state index contributed by atoms with van der Waals surface area (Å²) >= 11 is 0. The lowest BCUT2D eigenvalue weighted by molar-refractivity contribution is 0.101. The fraction of sp³-hybridized carbons (Fsp3) is 0.529. The highest BCUT2D eigenvalue weighted by Crippen LogP contribution is 2.24. The van der Waals surface area contributed by atoms with E-state index < -0.39 is 0 Å². The summed E-state index contributed by atoms with van der Waals surface area (Å²) in [6.07, 6.45) is 6.37. The third-order valence-electron chi connectivity index (χ3n) is 3.83. The van der Waals surface area contributed by atoms with Gasteiger partial charge >= 0.3 is 0 Å². The van der Waals surface area contributed by atoms with E-state index in [2.05, 4.69) is 48.9 Å². The van der Waals surface area contributed by atoms with E-state index in [1.165, 1.54) is 23.7 Å². The molecule has 1 aliphatic heterocycles. The summed E-state index contributed by atoms with van der Waals surface area (Å²) in [6, 6.07) is 8.50. The Kier molecular flexibility index (Phi) is 3.97. The van der Waals surface area contributed by atoms with Gasteiger partial charge in [-0.3, -0.25) is 0 Å². The highest BCUT2D eigenvalue weighted by molar-refractivity contribution is 5.81. The van der Waals surface area contributed by atoms with E-state index >= 15 is 0 Å². The van der Waals surface area contributed by atoms with Crippen molar-refractivity contribution in [3.63, 3.8) is 0 Å². The fourth-order valence-corrected chi connectivity index (χ4v) is 2.87. The molecule has 3 rings (SSSR count). The zero-order valence-corrected chi connectivity index (χ0v) is 12.3. The first-order valence-corrected chi connectivity index (χ1v) is 7.59. The number of benzene rings is 1. The van der Waals surface area contributed by atoms with E-state index in [4.69, 9.17) is 9.47 Å². The van der Waals surface area contributed by atoms with Crippen LogP contribution in [0.3, 0.4) is 0 Å². The highest BCUT2D eigenvalue weighted by Gasteiger charge is 2.15. The Morgan fingerprint density at radius 2 is 2.25 bits per heavy atom. The first-order valence-electron chi connectivity index (χ1n) is 7.59. The van der Waals surface area contributed by atoms with Gasteiger partial charge in [0.1, 0.15) is 5.75 Å². The maximum atomic E-state index is 5.74. The standard InChI is InChI=1S/C17H23NO2/c1-13(2)20-16-5-6-17-14(12-16)7-9-18(17)10-8-15-4-3-11-19-15/h5-7,9,12-13,15H,3-4,8,10-11H2,1-2H3. The lowest BCUT2D eigenvalue weighted by Crippen LogP contribution is -2.09. The van der Waals surface area contributed by atoms with Crippen LogP contribution < -0.4 is 4.74 Å². The molecule has 0 N–H and O–H groups in total. The average molecular weight is 273 g/mol. The van der Waals surface area contributed by atoms with Gasteiger partial charge in [-0.05, 0) is 57.4 Å². The van der Waals surface area contributed by atoms with Crippen molar-refractivity contribution in [2.45, 2.75) is 51.9 Å². The predicted octanol–water partition coefficient (Wildman–Crippen LogP) is 4.00. The number of fused-ring (bicyclic) bond motifs is 1. The smallest absolute Gasteiger partial charge is 0.120 e. The molecule has 0 bridgehead atoms. The molecule has 1 unspecified atom stereocenters. The minimum Gasteiger partial charge on any atom is -0.491 e. The van der Waals surface area contributed by atoms with Crippen molar-refractivity contribution in [3.05, 3.63) is 30.5 Å². The zero-order valence-electron chi connectivity index (χ0n) is 12.3. The van der Waals surface area contributed by atoms with E-state index in [0.717, 1.165) is 25.3 Å². The van der Waals surface area contributed by atoms with Gasteiger partial charge in [0.2, 0.25) is 0 Å². The van der Waals surface area contributed by atoms with Gasteiger partial charge in [0, 0.05) is 30.3 Å². The van der Waals surface area contributed by atoms with Crippen LogP contribution in [-0.4, -0.2) is 23.4 Å². The van der Waals surface area contributed by atoms with Gasteiger partial charge in [0.15, 0.2) is 0 Å². The predicted molar refractivity (Wildman–Crippen MR) is 81.3 cm³/mol. The van der Waals surface area contributed by atoms with Gasteiger partial charge in [0.05, 0.1) is 12.2 Å². The zero-order chi connectivity index (χ0) is 13.9. The van der Waals surface area contributed by atoms with Crippen molar-refractivity contribution in [2.24, 2.45) is 0 Å². The third-order valence-corrected chi connectivity index (χ3v) is 3.83. The van der Waals surface area contributed by atoms with Crippen LogP contribution >= 0.6 is 0 Å². The molecule has 20 heavy (non-hydrogen) atoms. The molecule has 1 saturated heterocycles. The number of ether oxygens (including phenoxy) is 2. The molecule has 1 aromatic heterocycles. The first kappa shape index (κ1) is 13.5. The van der Waals surface area contributed by atoms with E-state index in [9.17, 15) is 0 Å². The van der Waals surface area contributed by atoms with Gasteiger partial charge in [-0.2, -0.15) is 0 Å². The molecule has 3 heteroatoms. The Balaban J connectivity index is 1.72. The van der Waals surface area contributed by atoms with Crippen molar-refractivity contribution in [2.75, 3.05) is 6.61 Å². The average Bonchev–Trinajstić information content (AvgIpc) is 3.04. The van der Waals surface area contributed by atoms with Gasteiger partial charge < -0.3 is 14.0 Å². The molecule has 2 aromatic rings. The van der Waals surface area contributed by atoms with Crippen LogP contribution in [0.15, 0.2) is 30.5 Å². The number of hydrogen-bond donors (Lipinski definition) is 0. The minimum atomic E-state index is 0.217. The molecule has 0 amide bonds. The molecule has 0 spiro atoms. The Hall–Kier alpha value is -1.48. The maximum absolute atomic E-state index is 5.74. The van der Waals surface area contributed by atoms with Crippen LogP contribution in [0.25, 0.3) is 10.9 Å². The van der Waals surface area contributed by atoms with Crippen molar-refractivity contribution < 1.29 is 9.47 Å². The Morgan fingerprint density at radius 3 is 3.00 bits per heavy atom. The van der Waals surface area contributed by atoms with E-state index in [-0.39, 0.29) is 6.10 Å². The van der Waals surface area contributed by atoms with Crippen molar-refractivity contribution in [3.8, 4) is 5.75 Å². The molecule has 1 atom stereocenters. The summed E-state index contributed by atoms with van der Waals surface area (Å²) in [4.78, 5) is 0. The van der Waals surface area contributed by atoms with Gasteiger partial charge in [-0.15, -0.1) is 0 Å².